The highest BCUT2D eigenvalue weighted by Gasteiger charge is 2.37. The molecule has 1 heterocycles. The van der Waals surface area contributed by atoms with E-state index in [1.807, 2.05) is 12.1 Å². The summed E-state index contributed by atoms with van der Waals surface area (Å²) in [5.74, 6) is 0.932. The van der Waals surface area contributed by atoms with Crippen molar-refractivity contribution in [1.82, 2.24) is 0 Å². The lowest BCUT2D eigenvalue weighted by Gasteiger charge is -2.32. The van der Waals surface area contributed by atoms with Crippen LogP contribution in [0.1, 0.15) is 40.9 Å². The molecule has 1 aliphatic carbocycles. The molecule has 0 radical (unpaired) electrons. The third kappa shape index (κ3) is 1.60. The van der Waals surface area contributed by atoms with Gasteiger partial charge in [-0.05, 0) is 49.4 Å². The van der Waals surface area contributed by atoms with Gasteiger partial charge in [-0.25, -0.2) is 0 Å². The largest absolute Gasteiger partial charge is 0.469 e. The SMILES string of the molecule is Cc1ccc(C2(O)CCCc3occc32)cc1C. The lowest BCUT2D eigenvalue weighted by molar-refractivity contribution is 0.0589. The fourth-order valence-electron chi connectivity index (χ4n) is 2.84. The maximum atomic E-state index is 11.0. The number of fused-ring (bicyclic) bond motifs is 1. The molecule has 1 aromatic carbocycles. The van der Waals surface area contributed by atoms with Gasteiger partial charge in [0.2, 0.25) is 0 Å². The molecule has 18 heavy (non-hydrogen) atoms. The van der Waals surface area contributed by atoms with Gasteiger partial charge in [0.1, 0.15) is 11.4 Å². The van der Waals surface area contributed by atoms with E-state index in [9.17, 15) is 5.11 Å². The molecule has 0 saturated carbocycles. The molecule has 2 nitrogen and oxygen atoms in total. The van der Waals surface area contributed by atoms with Crippen LogP contribution in [0.4, 0.5) is 0 Å². The zero-order chi connectivity index (χ0) is 12.8. The highest BCUT2D eigenvalue weighted by atomic mass is 16.3. The van der Waals surface area contributed by atoms with Crippen molar-refractivity contribution < 1.29 is 9.52 Å². The normalized spacial score (nSPS) is 22.8. The minimum absolute atomic E-state index is 0.766. The number of rotatable bonds is 1. The van der Waals surface area contributed by atoms with Crippen molar-refractivity contribution >= 4 is 0 Å². The fourth-order valence-corrected chi connectivity index (χ4v) is 2.84. The van der Waals surface area contributed by atoms with Gasteiger partial charge >= 0.3 is 0 Å². The highest BCUT2D eigenvalue weighted by molar-refractivity contribution is 5.42. The maximum absolute atomic E-state index is 11.0. The molecule has 0 spiro atoms. The second kappa shape index (κ2) is 3.99. The molecule has 0 bridgehead atoms. The summed E-state index contributed by atoms with van der Waals surface area (Å²) >= 11 is 0. The zero-order valence-electron chi connectivity index (χ0n) is 10.9. The summed E-state index contributed by atoms with van der Waals surface area (Å²) in [5.41, 5.74) is 3.52. The van der Waals surface area contributed by atoms with Crippen LogP contribution in [0.5, 0.6) is 0 Å². The van der Waals surface area contributed by atoms with Crippen LogP contribution in [0.15, 0.2) is 34.9 Å². The Morgan fingerprint density at radius 1 is 1.17 bits per heavy atom. The summed E-state index contributed by atoms with van der Waals surface area (Å²) in [4.78, 5) is 0. The molecule has 0 aliphatic heterocycles. The van der Waals surface area contributed by atoms with Crippen molar-refractivity contribution in [1.29, 1.82) is 0 Å². The van der Waals surface area contributed by atoms with E-state index in [1.165, 1.54) is 11.1 Å². The van der Waals surface area contributed by atoms with Gasteiger partial charge in [0.25, 0.3) is 0 Å². The van der Waals surface area contributed by atoms with Crippen LogP contribution in [-0.2, 0) is 12.0 Å². The van der Waals surface area contributed by atoms with Gasteiger partial charge in [-0.3, -0.25) is 0 Å². The van der Waals surface area contributed by atoms with Gasteiger partial charge in [-0.2, -0.15) is 0 Å². The van der Waals surface area contributed by atoms with E-state index < -0.39 is 5.60 Å². The summed E-state index contributed by atoms with van der Waals surface area (Å²) in [5, 5.41) is 11.0. The lowest BCUT2D eigenvalue weighted by atomic mass is 9.77. The molecule has 2 aromatic rings. The first-order valence-corrected chi connectivity index (χ1v) is 6.48. The predicted molar refractivity (Wildman–Crippen MR) is 70.6 cm³/mol. The molecule has 1 N–H and O–H groups in total. The van der Waals surface area contributed by atoms with Crippen molar-refractivity contribution in [2.24, 2.45) is 0 Å². The molecular weight excluding hydrogens is 224 g/mol. The average molecular weight is 242 g/mol. The number of benzene rings is 1. The van der Waals surface area contributed by atoms with Gasteiger partial charge in [0, 0.05) is 12.0 Å². The summed E-state index contributed by atoms with van der Waals surface area (Å²) in [6, 6.07) is 8.11. The van der Waals surface area contributed by atoms with Crippen molar-refractivity contribution in [3.63, 3.8) is 0 Å². The third-order valence-electron chi connectivity index (χ3n) is 4.12. The second-order valence-electron chi connectivity index (χ2n) is 5.27. The predicted octanol–water partition coefficient (Wildman–Crippen LogP) is 3.47. The summed E-state index contributed by atoms with van der Waals surface area (Å²) in [6.45, 7) is 4.18. The molecule has 0 fully saturated rings. The fraction of sp³-hybridized carbons (Fsp3) is 0.375. The summed E-state index contributed by atoms with van der Waals surface area (Å²) in [6.07, 6.45) is 4.34. The Morgan fingerprint density at radius 3 is 2.78 bits per heavy atom. The van der Waals surface area contributed by atoms with E-state index in [4.69, 9.17) is 4.42 Å². The Balaban J connectivity index is 2.14. The Labute approximate surface area is 107 Å². The van der Waals surface area contributed by atoms with Crippen molar-refractivity contribution in [2.45, 2.75) is 38.7 Å². The topological polar surface area (TPSA) is 33.4 Å². The minimum Gasteiger partial charge on any atom is -0.469 e. The van der Waals surface area contributed by atoms with Crippen LogP contribution in [0.2, 0.25) is 0 Å². The van der Waals surface area contributed by atoms with Crippen LogP contribution in [0, 0.1) is 13.8 Å². The van der Waals surface area contributed by atoms with Gasteiger partial charge < -0.3 is 9.52 Å². The van der Waals surface area contributed by atoms with Gasteiger partial charge in [0.05, 0.1) is 6.26 Å². The zero-order valence-corrected chi connectivity index (χ0v) is 10.9. The van der Waals surface area contributed by atoms with Gasteiger partial charge in [-0.15, -0.1) is 0 Å². The van der Waals surface area contributed by atoms with E-state index in [0.717, 1.165) is 36.1 Å². The van der Waals surface area contributed by atoms with Crippen molar-refractivity contribution in [2.75, 3.05) is 0 Å². The molecule has 2 heteroatoms. The van der Waals surface area contributed by atoms with E-state index >= 15 is 0 Å². The Kier molecular flexibility index (Phi) is 2.56. The molecule has 0 amide bonds. The standard InChI is InChI=1S/C16H18O2/c1-11-5-6-13(10-12(11)2)16(17)8-3-4-15-14(16)7-9-18-15/h5-7,9-10,17H,3-4,8H2,1-2H3. The molecule has 94 valence electrons. The first-order valence-electron chi connectivity index (χ1n) is 6.48. The molecule has 0 saturated heterocycles. The first-order chi connectivity index (χ1) is 8.61. The number of aryl methyl sites for hydroxylation is 3. The lowest BCUT2D eigenvalue weighted by Crippen LogP contribution is -2.31. The molecule has 1 atom stereocenters. The van der Waals surface area contributed by atoms with E-state index in [0.29, 0.717) is 0 Å². The molecule has 1 unspecified atom stereocenters. The minimum atomic E-state index is -0.876. The summed E-state index contributed by atoms with van der Waals surface area (Å²) < 4.78 is 5.47. The smallest absolute Gasteiger partial charge is 0.118 e. The average Bonchev–Trinajstić information content (AvgIpc) is 2.82. The Morgan fingerprint density at radius 2 is 2.00 bits per heavy atom. The van der Waals surface area contributed by atoms with Gasteiger partial charge in [0.15, 0.2) is 0 Å². The highest BCUT2D eigenvalue weighted by Crippen LogP contribution is 2.41. The number of aliphatic hydroxyl groups is 1. The van der Waals surface area contributed by atoms with E-state index in [-0.39, 0.29) is 0 Å². The van der Waals surface area contributed by atoms with Crippen LogP contribution in [0.3, 0.4) is 0 Å². The van der Waals surface area contributed by atoms with Crippen LogP contribution in [-0.4, -0.2) is 5.11 Å². The Bertz CT molecular complexity index is 583. The Hall–Kier alpha value is -1.54. The second-order valence-corrected chi connectivity index (χ2v) is 5.27. The number of hydrogen-bond donors (Lipinski definition) is 1. The van der Waals surface area contributed by atoms with Crippen molar-refractivity contribution in [3.8, 4) is 0 Å². The van der Waals surface area contributed by atoms with E-state index in [2.05, 4.69) is 26.0 Å². The molecule has 1 aromatic heterocycles. The summed E-state index contributed by atoms with van der Waals surface area (Å²) in [7, 11) is 0. The van der Waals surface area contributed by atoms with Crippen LogP contribution < -0.4 is 0 Å². The first kappa shape index (κ1) is 11.5. The number of furan rings is 1. The molecule has 1 aliphatic rings. The van der Waals surface area contributed by atoms with Crippen molar-refractivity contribution in [3.05, 3.63) is 58.5 Å². The maximum Gasteiger partial charge on any atom is 0.118 e. The third-order valence-corrected chi connectivity index (χ3v) is 4.12. The monoisotopic (exact) mass is 242 g/mol. The van der Waals surface area contributed by atoms with Crippen LogP contribution in [0.25, 0.3) is 0 Å². The number of hydrogen-bond acceptors (Lipinski definition) is 2. The molecule has 3 rings (SSSR count). The quantitative estimate of drug-likeness (QED) is 0.830. The molecular formula is C16H18O2. The van der Waals surface area contributed by atoms with Crippen LogP contribution >= 0.6 is 0 Å². The van der Waals surface area contributed by atoms with Gasteiger partial charge in [-0.1, -0.05) is 18.2 Å². The van der Waals surface area contributed by atoms with E-state index in [1.54, 1.807) is 6.26 Å².